The summed E-state index contributed by atoms with van der Waals surface area (Å²) >= 11 is 0. The molecule has 0 radical (unpaired) electrons. The average Bonchev–Trinajstić information content (AvgIpc) is 3.27. The van der Waals surface area contributed by atoms with E-state index in [1.54, 1.807) is 18.0 Å². The molecule has 1 fully saturated rings. The first kappa shape index (κ1) is 17.6. The summed E-state index contributed by atoms with van der Waals surface area (Å²) in [6.07, 6.45) is 2.21. The molecule has 0 aliphatic carbocycles. The van der Waals surface area contributed by atoms with Gasteiger partial charge in [-0.2, -0.15) is 0 Å². The number of nitrogens with zero attached hydrogens (tertiary/aromatic N) is 3. The fourth-order valence-corrected chi connectivity index (χ4v) is 3.08. The number of carbonyl (C=O) groups excluding carboxylic acids is 1. The highest BCUT2D eigenvalue weighted by Gasteiger charge is 2.23. The molecule has 0 bridgehead atoms. The normalized spacial score (nSPS) is 17.2. The Morgan fingerprint density at radius 3 is 2.76 bits per heavy atom. The number of likely N-dealkylation sites (N-methyl/N-ethyl adjacent to an activating group) is 1. The van der Waals surface area contributed by atoms with E-state index >= 15 is 0 Å². The van der Waals surface area contributed by atoms with E-state index in [1.807, 2.05) is 25.2 Å². The Labute approximate surface area is 148 Å². The number of benzene rings is 1. The molecule has 2 heterocycles. The molecule has 0 spiro atoms. The minimum Gasteiger partial charge on any atom is -0.376 e. The molecular formula is C19H25N3O3. The maximum absolute atomic E-state index is 12.5. The van der Waals surface area contributed by atoms with Crippen molar-refractivity contribution in [3.8, 4) is 0 Å². The van der Waals surface area contributed by atoms with Gasteiger partial charge in [-0.15, -0.1) is 0 Å². The summed E-state index contributed by atoms with van der Waals surface area (Å²) in [6, 6.07) is 12.0. The van der Waals surface area contributed by atoms with Crippen LogP contribution in [0.5, 0.6) is 0 Å². The lowest BCUT2D eigenvalue weighted by atomic mass is 10.2. The third-order valence-corrected chi connectivity index (χ3v) is 4.35. The van der Waals surface area contributed by atoms with Crippen LogP contribution in [0.2, 0.25) is 0 Å². The second-order valence-corrected chi connectivity index (χ2v) is 6.66. The molecule has 0 N–H and O–H groups in total. The van der Waals surface area contributed by atoms with Crippen LogP contribution in [0.1, 0.15) is 34.7 Å². The van der Waals surface area contributed by atoms with Crippen LogP contribution in [0.3, 0.4) is 0 Å². The van der Waals surface area contributed by atoms with Gasteiger partial charge in [0.25, 0.3) is 5.91 Å². The number of hydrogen-bond donors (Lipinski definition) is 0. The van der Waals surface area contributed by atoms with Crippen LogP contribution < -0.4 is 0 Å². The van der Waals surface area contributed by atoms with Crippen LogP contribution in [0.4, 0.5) is 0 Å². The third-order valence-electron chi connectivity index (χ3n) is 4.35. The molecule has 25 heavy (non-hydrogen) atoms. The zero-order chi connectivity index (χ0) is 17.6. The van der Waals surface area contributed by atoms with Crippen molar-refractivity contribution in [2.75, 3.05) is 27.2 Å². The fourth-order valence-electron chi connectivity index (χ4n) is 3.08. The highest BCUT2D eigenvalue weighted by Crippen LogP contribution is 2.15. The van der Waals surface area contributed by atoms with Gasteiger partial charge in [-0.05, 0) is 25.5 Å². The summed E-state index contributed by atoms with van der Waals surface area (Å²) in [7, 11) is 3.79. The van der Waals surface area contributed by atoms with Crippen LogP contribution in [0.15, 0.2) is 40.9 Å². The summed E-state index contributed by atoms with van der Waals surface area (Å²) in [5, 5.41) is 3.94. The van der Waals surface area contributed by atoms with E-state index in [-0.39, 0.29) is 12.0 Å². The number of amides is 1. The number of ether oxygens (including phenoxy) is 1. The molecular weight excluding hydrogens is 318 g/mol. The predicted octanol–water partition coefficient (Wildman–Crippen LogP) is 2.56. The molecule has 134 valence electrons. The van der Waals surface area contributed by atoms with Crippen molar-refractivity contribution in [2.45, 2.75) is 32.0 Å². The lowest BCUT2D eigenvalue weighted by Gasteiger charge is -2.19. The first-order chi connectivity index (χ1) is 12.1. The fraction of sp³-hybridized carbons (Fsp3) is 0.474. The number of carbonyl (C=O) groups is 1. The van der Waals surface area contributed by atoms with Crippen LogP contribution in [0.25, 0.3) is 0 Å². The maximum atomic E-state index is 12.5. The molecule has 3 rings (SSSR count). The van der Waals surface area contributed by atoms with Gasteiger partial charge in [0.15, 0.2) is 11.5 Å². The van der Waals surface area contributed by atoms with Gasteiger partial charge in [-0.3, -0.25) is 9.69 Å². The van der Waals surface area contributed by atoms with Gasteiger partial charge in [-0.1, -0.05) is 35.5 Å². The molecule has 0 unspecified atom stereocenters. The summed E-state index contributed by atoms with van der Waals surface area (Å²) < 4.78 is 10.9. The van der Waals surface area contributed by atoms with E-state index in [0.29, 0.717) is 24.5 Å². The smallest absolute Gasteiger partial charge is 0.275 e. The van der Waals surface area contributed by atoms with E-state index in [1.165, 1.54) is 5.56 Å². The molecule has 1 aromatic heterocycles. The minimum atomic E-state index is -0.129. The van der Waals surface area contributed by atoms with E-state index in [0.717, 1.165) is 26.0 Å². The molecule has 0 saturated carbocycles. The Bertz CT molecular complexity index is 680. The van der Waals surface area contributed by atoms with Gasteiger partial charge in [0.2, 0.25) is 0 Å². The SMILES string of the molecule is CN(Cc1ccccc1)Cc1cc(C(=O)N(C)C[C@H]2CCCO2)no1. The molecule has 1 aromatic carbocycles. The Balaban J connectivity index is 1.53. The highest BCUT2D eigenvalue weighted by molar-refractivity contribution is 5.92. The molecule has 2 aromatic rings. The summed E-state index contributed by atoms with van der Waals surface area (Å²) in [5.74, 6) is 0.559. The zero-order valence-electron chi connectivity index (χ0n) is 14.9. The Hall–Kier alpha value is -2.18. The molecule has 1 aliphatic heterocycles. The Morgan fingerprint density at radius 1 is 1.24 bits per heavy atom. The van der Waals surface area contributed by atoms with Gasteiger partial charge < -0.3 is 14.2 Å². The minimum absolute atomic E-state index is 0.129. The molecule has 6 heteroatoms. The Morgan fingerprint density at radius 2 is 2.04 bits per heavy atom. The summed E-state index contributed by atoms with van der Waals surface area (Å²) in [4.78, 5) is 16.2. The molecule has 1 aliphatic rings. The van der Waals surface area contributed by atoms with Gasteiger partial charge in [-0.25, -0.2) is 0 Å². The standard InChI is InChI=1S/C19H25N3O3/c1-21(12-15-7-4-3-5-8-15)13-17-11-18(20-25-17)19(23)22(2)14-16-9-6-10-24-16/h3-5,7-8,11,16H,6,9-10,12-14H2,1-2H3/t16-/m1/s1. The van der Waals surface area contributed by atoms with Crippen molar-refractivity contribution in [1.82, 2.24) is 15.0 Å². The predicted molar refractivity (Wildman–Crippen MR) is 94.1 cm³/mol. The quantitative estimate of drug-likeness (QED) is 0.773. The molecule has 6 nitrogen and oxygen atoms in total. The van der Waals surface area contributed by atoms with Crippen LogP contribution >= 0.6 is 0 Å². The van der Waals surface area contributed by atoms with Crippen molar-refractivity contribution < 1.29 is 14.1 Å². The number of hydrogen-bond acceptors (Lipinski definition) is 5. The second-order valence-electron chi connectivity index (χ2n) is 6.66. The zero-order valence-corrected chi connectivity index (χ0v) is 14.9. The van der Waals surface area contributed by atoms with Crippen LogP contribution in [-0.4, -0.2) is 54.2 Å². The monoisotopic (exact) mass is 343 g/mol. The van der Waals surface area contributed by atoms with E-state index in [4.69, 9.17) is 9.26 Å². The first-order valence-corrected chi connectivity index (χ1v) is 8.67. The molecule has 1 amide bonds. The van der Waals surface area contributed by atoms with Crippen molar-refractivity contribution >= 4 is 5.91 Å². The average molecular weight is 343 g/mol. The molecule has 1 atom stereocenters. The van der Waals surface area contributed by atoms with Gasteiger partial charge in [0.05, 0.1) is 12.6 Å². The lowest BCUT2D eigenvalue weighted by molar-refractivity contribution is 0.0579. The van der Waals surface area contributed by atoms with Crippen molar-refractivity contribution in [3.63, 3.8) is 0 Å². The highest BCUT2D eigenvalue weighted by atomic mass is 16.5. The van der Waals surface area contributed by atoms with Gasteiger partial charge >= 0.3 is 0 Å². The van der Waals surface area contributed by atoms with Crippen LogP contribution in [-0.2, 0) is 17.8 Å². The van der Waals surface area contributed by atoms with Crippen molar-refractivity contribution in [1.29, 1.82) is 0 Å². The Kier molecular flexibility index (Phi) is 5.83. The maximum Gasteiger partial charge on any atom is 0.275 e. The van der Waals surface area contributed by atoms with Crippen LogP contribution in [0, 0.1) is 0 Å². The van der Waals surface area contributed by atoms with E-state index in [9.17, 15) is 4.79 Å². The number of rotatable bonds is 7. The second kappa shape index (κ2) is 8.27. The summed E-state index contributed by atoms with van der Waals surface area (Å²) in [5.41, 5.74) is 1.58. The lowest BCUT2D eigenvalue weighted by Crippen LogP contribution is -2.34. The summed E-state index contributed by atoms with van der Waals surface area (Å²) in [6.45, 7) is 2.79. The first-order valence-electron chi connectivity index (χ1n) is 8.67. The van der Waals surface area contributed by atoms with Gasteiger partial charge in [0.1, 0.15) is 0 Å². The third kappa shape index (κ3) is 4.90. The van der Waals surface area contributed by atoms with Crippen molar-refractivity contribution in [2.24, 2.45) is 0 Å². The molecule has 1 saturated heterocycles. The van der Waals surface area contributed by atoms with Gasteiger partial charge in [0, 0.05) is 32.8 Å². The van der Waals surface area contributed by atoms with E-state index in [2.05, 4.69) is 22.2 Å². The number of aromatic nitrogens is 1. The van der Waals surface area contributed by atoms with E-state index < -0.39 is 0 Å². The topological polar surface area (TPSA) is 58.8 Å². The van der Waals surface area contributed by atoms with Crippen molar-refractivity contribution in [3.05, 3.63) is 53.4 Å². The largest absolute Gasteiger partial charge is 0.376 e.